The van der Waals surface area contributed by atoms with Gasteiger partial charge in [0, 0.05) is 13.1 Å². The highest BCUT2D eigenvalue weighted by molar-refractivity contribution is 4.88. The number of likely N-dealkylation sites (tertiary alicyclic amines) is 1. The molecule has 1 heterocycles. The lowest BCUT2D eigenvalue weighted by atomic mass is 9.82. The first-order valence-electron chi connectivity index (χ1n) is 6.99. The topological polar surface area (TPSA) is 29.3 Å². The normalized spacial score (nSPS) is 22.9. The molecule has 0 aromatic heterocycles. The molecule has 2 N–H and O–H groups in total. The molecule has 1 aliphatic heterocycles. The van der Waals surface area contributed by atoms with Gasteiger partial charge in [0.15, 0.2) is 0 Å². The van der Waals surface area contributed by atoms with Crippen molar-refractivity contribution in [1.29, 1.82) is 0 Å². The molecule has 96 valence electrons. The van der Waals surface area contributed by atoms with Crippen LogP contribution in [0.1, 0.15) is 47.0 Å². The predicted octanol–water partition coefficient (Wildman–Crippen LogP) is 2.73. The molecule has 0 bridgehead atoms. The third-order valence-corrected chi connectivity index (χ3v) is 4.76. The summed E-state index contributed by atoms with van der Waals surface area (Å²) in [5.41, 5.74) is 6.47. The highest BCUT2D eigenvalue weighted by Crippen LogP contribution is 2.37. The van der Waals surface area contributed by atoms with Crippen LogP contribution in [0.4, 0.5) is 0 Å². The van der Waals surface area contributed by atoms with E-state index in [0.717, 1.165) is 6.54 Å². The van der Waals surface area contributed by atoms with Crippen LogP contribution in [-0.2, 0) is 0 Å². The highest BCUT2D eigenvalue weighted by Gasteiger charge is 2.35. The number of nitrogens with zero attached hydrogens (tertiary/aromatic N) is 1. The molecule has 0 amide bonds. The second kappa shape index (κ2) is 6.02. The van der Waals surface area contributed by atoms with Gasteiger partial charge in [-0.05, 0) is 49.6 Å². The summed E-state index contributed by atoms with van der Waals surface area (Å²) in [6, 6.07) is 0. The minimum Gasteiger partial charge on any atom is -0.330 e. The molecule has 0 radical (unpaired) electrons. The van der Waals surface area contributed by atoms with Crippen molar-refractivity contribution in [3.8, 4) is 0 Å². The molecule has 0 spiro atoms. The summed E-state index contributed by atoms with van der Waals surface area (Å²) in [4.78, 5) is 2.64. The number of rotatable bonds is 6. The Bertz CT molecular complexity index is 197. The number of nitrogens with two attached hydrogens (primary N) is 1. The van der Waals surface area contributed by atoms with Crippen LogP contribution in [0.15, 0.2) is 0 Å². The fraction of sp³-hybridized carbons (Fsp3) is 1.00. The van der Waals surface area contributed by atoms with E-state index in [1.165, 1.54) is 38.9 Å². The SMILES string of the molecule is CCC1(CC)CCN(CC(CN)C(C)C)C1. The maximum atomic E-state index is 5.86. The average Bonchev–Trinajstić information content (AvgIpc) is 2.69. The average molecular weight is 226 g/mol. The fourth-order valence-corrected chi connectivity index (χ4v) is 2.90. The lowest BCUT2D eigenvalue weighted by Crippen LogP contribution is -2.35. The lowest BCUT2D eigenvalue weighted by Gasteiger charge is -2.29. The van der Waals surface area contributed by atoms with Crippen molar-refractivity contribution < 1.29 is 0 Å². The Morgan fingerprint density at radius 2 is 1.88 bits per heavy atom. The van der Waals surface area contributed by atoms with Gasteiger partial charge in [0.05, 0.1) is 0 Å². The van der Waals surface area contributed by atoms with Crippen LogP contribution < -0.4 is 5.73 Å². The first-order valence-corrected chi connectivity index (χ1v) is 6.99. The maximum Gasteiger partial charge on any atom is 0.00384 e. The van der Waals surface area contributed by atoms with Crippen LogP contribution >= 0.6 is 0 Å². The van der Waals surface area contributed by atoms with Gasteiger partial charge >= 0.3 is 0 Å². The van der Waals surface area contributed by atoms with E-state index in [4.69, 9.17) is 5.73 Å². The molecule has 1 unspecified atom stereocenters. The monoisotopic (exact) mass is 226 g/mol. The maximum absolute atomic E-state index is 5.86. The summed E-state index contributed by atoms with van der Waals surface area (Å²) in [5.74, 6) is 1.38. The van der Waals surface area contributed by atoms with Gasteiger partial charge < -0.3 is 10.6 Å². The lowest BCUT2D eigenvalue weighted by molar-refractivity contribution is 0.200. The molecular weight excluding hydrogens is 196 g/mol. The zero-order valence-electron chi connectivity index (χ0n) is 11.6. The summed E-state index contributed by atoms with van der Waals surface area (Å²) in [6.07, 6.45) is 4.04. The molecule has 0 saturated carbocycles. The van der Waals surface area contributed by atoms with Crippen molar-refractivity contribution in [3.05, 3.63) is 0 Å². The smallest absolute Gasteiger partial charge is 0.00384 e. The molecule has 0 aromatic carbocycles. The van der Waals surface area contributed by atoms with Crippen LogP contribution in [0.2, 0.25) is 0 Å². The summed E-state index contributed by atoms with van der Waals surface area (Å²) in [6.45, 7) is 13.9. The standard InChI is InChI=1S/C14H30N2/c1-5-14(6-2)7-8-16(11-14)10-13(9-15)12(3)4/h12-13H,5-11,15H2,1-4H3. The molecule has 1 fully saturated rings. The van der Waals surface area contributed by atoms with Crippen molar-refractivity contribution in [1.82, 2.24) is 4.90 Å². The minimum absolute atomic E-state index is 0.607. The summed E-state index contributed by atoms with van der Waals surface area (Å²) >= 11 is 0. The van der Waals surface area contributed by atoms with Crippen LogP contribution in [0.25, 0.3) is 0 Å². The van der Waals surface area contributed by atoms with Crippen molar-refractivity contribution in [2.45, 2.75) is 47.0 Å². The molecule has 0 aliphatic carbocycles. The van der Waals surface area contributed by atoms with Crippen LogP contribution in [0.5, 0.6) is 0 Å². The van der Waals surface area contributed by atoms with Gasteiger partial charge in [0.1, 0.15) is 0 Å². The van der Waals surface area contributed by atoms with Crippen molar-refractivity contribution in [3.63, 3.8) is 0 Å². The Morgan fingerprint density at radius 1 is 1.25 bits per heavy atom. The Kier molecular flexibility index (Phi) is 5.26. The molecule has 1 aliphatic rings. The molecule has 1 rings (SSSR count). The predicted molar refractivity (Wildman–Crippen MR) is 71.5 cm³/mol. The van der Waals surface area contributed by atoms with E-state index in [9.17, 15) is 0 Å². The van der Waals surface area contributed by atoms with E-state index in [1.54, 1.807) is 0 Å². The third kappa shape index (κ3) is 3.21. The van der Waals surface area contributed by atoms with Gasteiger partial charge in [-0.25, -0.2) is 0 Å². The molecular formula is C14H30N2. The van der Waals surface area contributed by atoms with Crippen LogP contribution in [0, 0.1) is 17.3 Å². The van der Waals surface area contributed by atoms with E-state index in [-0.39, 0.29) is 0 Å². The molecule has 2 heteroatoms. The second-order valence-electron chi connectivity index (χ2n) is 5.93. The van der Waals surface area contributed by atoms with Crippen LogP contribution in [0.3, 0.4) is 0 Å². The fourth-order valence-electron chi connectivity index (χ4n) is 2.90. The zero-order valence-corrected chi connectivity index (χ0v) is 11.6. The number of hydrogen-bond donors (Lipinski definition) is 1. The first kappa shape index (κ1) is 14.0. The van der Waals surface area contributed by atoms with E-state index in [1.807, 2.05) is 0 Å². The third-order valence-electron chi connectivity index (χ3n) is 4.76. The summed E-state index contributed by atoms with van der Waals surface area (Å²) < 4.78 is 0. The van der Waals surface area contributed by atoms with E-state index < -0.39 is 0 Å². The van der Waals surface area contributed by atoms with Crippen LogP contribution in [-0.4, -0.2) is 31.1 Å². The van der Waals surface area contributed by atoms with Gasteiger partial charge in [0.25, 0.3) is 0 Å². The Hall–Kier alpha value is -0.0800. The van der Waals surface area contributed by atoms with Gasteiger partial charge in [-0.1, -0.05) is 27.7 Å². The molecule has 16 heavy (non-hydrogen) atoms. The molecule has 1 atom stereocenters. The number of hydrogen-bond acceptors (Lipinski definition) is 2. The van der Waals surface area contributed by atoms with E-state index >= 15 is 0 Å². The van der Waals surface area contributed by atoms with Gasteiger partial charge in [-0.3, -0.25) is 0 Å². The minimum atomic E-state index is 0.607. The molecule has 2 nitrogen and oxygen atoms in total. The summed E-state index contributed by atoms with van der Waals surface area (Å²) in [7, 11) is 0. The van der Waals surface area contributed by atoms with Crippen molar-refractivity contribution in [2.24, 2.45) is 23.0 Å². The van der Waals surface area contributed by atoms with Crippen molar-refractivity contribution in [2.75, 3.05) is 26.2 Å². The van der Waals surface area contributed by atoms with Gasteiger partial charge in [-0.15, -0.1) is 0 Å². The largest absolute Gasteiger partial charge is 0.330 e. The van der Waals surface area contributed by atoms with Gasteiger partial charge in [0.2, 0.25) is 0 Å². The molecule has 0 aromatic rings. The van der Waals surface area contributed by atoms with Gasteiger partial charge in [-0.2, -0.15) is 0 Å². The highest BCUT2D eigenvalue weighted by atomic mass is 15.2. The Morgan fingerprint density at radius 3 is 2.25 bits per heavy atom. The van der Waals surface area contributed by atoms with E-state index in [0.29, 0.717) is 17.3 Å². The quantitative estimate of drug-likeness (QED) is 0.754. The van der Waals surface area contributed by atoms with Crippen molar-refractivity contribution >= 4 is 0 Å². The van der Waals surface area contributed by atoms with E-state index in [2.05, 4.69) is 32.6 Å². The first-order chi connectivity index (χ1) is 7.56. The Balaban J connectivity index is 2.47. The summed E-state index contributed by atoms with van der Waals surface area (Å²) in [5, 5.41) is 0. The second-order valence-corrected chi connectivity index (χ2v) is 5.93. The Labute approximate surface area is 102 Å². The molecule has 1 saturated heterocycles. The zero-order chi connectivity index (χ0) is 12.2.